The van der Waals surface area contributed by atoms with Crippen LogP contribution in [0.25, 0.3) is 5.57 Å². The van der Waals surface area contributed by atoms with Crippen molar-refractivity contribution in [2.45, 2.75) is 39.2 Å². The van der Waals surface area contributed by atoms with Crippen molar-refractivity contribution in [3.05, 3.63) is 40.1 Å². The fraction of sp³-hybridized carbons (Fsp3) is 0.471. The number of nitrogens with one attached hydrogen (secondary N) is 2. The van der Waals surface area contributed by atoms with Crippen molar-refractivity contribution >= 4 is 11.5 Å². The van der Waals surface area contributed by atoms with Gasteiger partial charge in [-0.05, 0) is 63.4 Å². The Hall–Kier alpha value is -1.81. The Morgan fingerprint density at radius 1 is 1.10 bits per heavy atom. The molecule has 0 atom stereocenters. The molecule has 21 heavy (non-hydrogen) atoms. The molecule has 2 aliphatic rings. The minimum atomic E-state index is -0.568. The molecule has 0 radical (unpaired) electrons. The van der Waals surface area contributed by atoms with E-state index >= 15 is 0 Å². The molecule has 1 spiro atoms. The molecule has 112 valence electrons. The van der Waals surface area contributed by atoms with Crippen LogP contribution >= 0.6 is 0 Å². The Morgan fingerprint density at radius 3 is 2.24 bits per heavy atom. The van der Waals surface area contributed by atoms with Gasteiger partial charge in [-0.2, -0.15) is 0 Å². The highest BCUT2D eigenvalue weighted by atomic mass is 16.3. The Kier molecular flexibility index (Phi) is 3.29. The Morgan fingerprint density at radius 2 is 1.67 bits per heavy atom. The van der Waals surface area contributed by atoms with Gasteiger partial charge in [0.05, 0.1) is 5.57 Å². The van der Waals surface area contributed by atoms with Crippen LogP contribution in [0.4, 0.5) is 0 Å². The van der Waals surface area contributed by atoms with Crippen LogP contribution in [0.2, 0.25) is 0 Å². The maximum Gasteiger partial charge on any atom is 0.256 e. The normalized spacial score (nSPS) is 21.0. The number of hydrogen-bond donors (Lipinski definition) is 3. The lowest BCUT2D eigenvalue weighted by molar-refractivity contribution is -0.116. The molecule has 3 N–H and O–H groups in total. The maximum absolute atomic E-state index is 12.5. The number of aryl methyl sites for hydroxylation is 3. The highest BCUT2D eigenvalue weighted by molar-refractivity contribution is 6.24. The van der Waals surface area contributed by atoms with Crippen molar-refractivity contribution in [2.75, 3.05) is 13.1 Å². The van der Waals surface area contributed by atoms with E-state index in [2.05, 4.69) is 22.8 Å². The molecule has 1 amide bonds. The summed E-state index contributed by atoms with van der Waals surface area (Å²) in [7, 11) is 0. The van der Waals surface area contributed by atoms with E-state index in [0.717, 1.165) is 42.6 Å². The SMILES string of the molecule is Cc1cc(C)c(C2=C(O)C3(CCNCC3)NC2=O)c(C)c1. The van der Waals surface area contributed by atoms with Crippen LogP contribution in [0, 0.1) is 20.8 Å². The fourth-order valence-electron chi connectivity index (χ4n) is 3.71. The summed E-state index contributed by atoms with van der Waals surface area (Å²) in [5.74, 6) is 0.0773. The first-order chi connectivity index (χ1) is 9.94. The van der Waals surface area contributed by atoms with Gasteiger partial charge in [0.15, 0.2) is 0 Å². The number of aliphatic hydroxyl groups is 1. The molecule has 1 aromatic carbocycles. The van der Waals surface area contributed by atoms with Crippen LogP contribution in [-0.4, -0.2) is 29.6 Å². The molecule has 4 heteroatoms. The average Bonchev–Trinajstić information content (AvgIpc) is 2.63. The van der Waals surface area contributed by atoms with Gasteiger partial charge in [-0.15, -0.1) is 0 Å². The van der Waals surface area contributed by atoms with E-state index in [1.807, 2.05) is 20.8 Å². The lowest BCUT2D eigenvalue weighted by Gasteiger charge is -2.33. The smallest absolute Gasteiger partial charge is 0.256 e. The van der Waals surface area contributed by atoms with E-state index in [1.54, 1.807) is 0 Å². The molecule has 0 aliphatic carbocycles. The quantitative estimate of drug-likeness (QED) is 0.741. The molecular weight excluding hydrogens is 264 g/mol. The summed E-state index contributed by atoms with van der Waals surface area (Å²) in [6.45, 7) is 7.65. The Labute approximate surface area is 125 Å². The fourth-order valence-corrected chi connectivity index (χ4v) is 3.71. The minimum Gasteiger partial charge on any atom is -0.509 e. The molecule has 1 aromatic rings. The van der Waals surface area contributed by atoms with Crippen molar-refractivity contribution in [3.8, 4) is 0 Å². The lowest BCUT2D eigenvalue weighted by atomic mass is 9.85. The Balaban J connectivity index is 2.15. The van der Waals surface area contributed by atoms with Gasteiger partial charge in [0.25, 0.3) is 5.91 Å². The average molecular weight is 286 g/mol. The molecule has 0 saturated carbocycles. The zero-order valence-corrected chi connectivity index (χ0v) is 12.8. The second-order valence-electron chi connectivity index (χ2n) is 6.28. The predicted octanol–water partition coefficient (Wildman–Crippen LogP) is 2.13. The minimum absolute atomic E-state index is 0.149. The van der Waals surface area contributed by atoms with Gasteiger partial charge in [0, 0.05) is 0 Å². The lowest BCUT2D eigenvalue weighted by Crippen LogP contribution is -2.51. The van der Waals surface area contributed by atoms with Gasteiger partial charge >= 0.3 is 0 Å². The first kappa shape index (κ1) is 14.1. The van der Waals surface area contributed by atoms with Crippen molar-refractivity contribution in [3.63, 3.8) is 0 Å². The maximum atomic E-state index is 12.5. The van der Waals surface area contributed by atoms with Crippen molar-refractivity contribution in [1.82, 2.24) is 10.6 Å². The molecule has 2 aliphatic heterocycles. The van der Waals surface area contributed by atoms with E-state index in [-0.39, 0.29) is 11.7 Å². The topological polar surface area (TPSA) is 61.4 Å². The van der Waals surface area contributed by atoms with Crippen molar-refractivity contribution in [2.24, 2.45) is 0 Å². The van der Waals surface area contributed by atoms with Gasteiger partial charge in [-0.3, -0.25) is 4.79 Å². The Bertz CT molecular complexity index is 617. The van der Waals surface area contributed by atoms with Crippen LogP contribution < -0.4 is 10.6 Å². The van der Waals surface area contributed by atoms with Gasteiger partial charge in [-0.1, -0.05) is 17.7 Å². The van der Waals surface area contributed by atoms with Crippen LogP contribution in [0.5, 0.6) is 0 Å². The molecule has 3 rings (SSSR count). The van der Waals surface area contributed by atoms with Crippen LogP contribution in [-0.2, 0) is 4.79 Å². The van der Waals surface area contributed by atoms with E-state index in [4.69, 9.17) is 0 Å². The summed E-state index contributed by atoms with van der Waals surface area (Å²) in [5, 5.41) is 17.1. The molecule has 1 fully saturated rings. The van der Waals surface area contributed by atoms with Crippen molar-refractivity contribution < 1.29 is 9.90 Å². The molecule has 1 saturated heterocycles. The highest BCUT2D eigenvalue weighted by Gasteiger charge is 2.46. The van der Waals surface area contributed by atoms with E-state index < -0.39 is 5.54 Å². The number of rotatable bonds is 1. The number of amides is 1. The third-order valence-electron chi connectivity index (χ3n) is 4.65. The molecule has 4 nitrogen and oxygen atoms in total. The standard InChI is InChI=1S/C17H22N2O2/c1-10-8-11(2)13(12(3)9-10)14-15(20)17(19-16(14)21)4-6-18-7-5-17/h8-9,18,20H,4-7H2,1-3H3,(H,19,21). The first-order valence-corrected chi connectivity index (χ1v) is 7.50. The number of piperidine rings is 1. The highest BCUT2D eigenvalue weighted by Crippen LogP contribution is 2.39. The summed E-state index contributed by atoms with van der Waals surface area (Å²) in [6, 6.07) is 4.12. The van der Waals surface area contributed by atoms with Gasteiger partial charge in [-0.25, -0.2) is 0 Å². The number of hydrogen-bond acceptors (Lipinski definition) is 3. The molecule has 0 bridgehead atoms. The number of aliphatic hydroxyl groups excluding tert-OH is 1. The zero-order chi connectivity index (χ0) is 15.2. The zero-order valence-electron chi connectivity index (χ0n) is 12.8. The third-order valence-corrected chi connectivity index (χ3v) is 4.65. The van der Waals surface area contributed by atoms with Gasteiger partial charge in [0.1, 0.15) is 11.3 Å². The second-order valence-corrected chi connectivity index (χ2v) is 6.28. The largest absolute Gasteiger partial charge is 0.509 e. The van der Waals surface area contributed by atoms with E-state index in [9.17, 15) is 9.90 Å². The molecular formula is C17H22N2O2. The van der Waals surface area contributed by atoms with Gasteiger partial charge in [0.2, 0.25) is 0 Å². The van der Waals surface area contributed by atoms with E-state index in [0.29, 0.717) is 5.57 Å². The number of carbonyl (C=O) groups is 1. The third kappa shape index (κ3) is 2.14. The van der Waals surface area contributed by atoms with Crippen LogP contribution in [0.1, 0.15) is 35.1 Å². The summed E-state index contributed by atoms with van der Waals surface area (Å²) in [4.78, 5) is 12.5. The molecule has 2 heterocycles. The molecule has 0 aromatic heterocycles. The summed E-state index contributed by atoms with van der Waals surface area (Å²) in [6.07, 6.45) is 1.47. The second kappa shape index (κ2) is 4.88. The van der Waals surface area contributed by atoms with Crippen LogP contribution in [0.15, 0.2) is 17.9 Å². The van der Waals surface area contributed by atoms with E-state index in [1.165, 1.54) is 5.56 Å². The molecule has 0 unspecified atom stereocenters. The summed E-state index contributed by atoms with van der Waals surface area (Å²) in [5.41, 5.74) is 4.02. The van der Waals surface area contributed by atoms with Crippen LogP contribution in [0.3, 0.4) is 0 Å². The summed E-state index contributed by atoms with van der Waals surface area (Å²) < 4.78 is 0. The number of carbonyl (C=O) groups excluding carboxylic acids is 1. The van der Waals surface area contributed by atoms with Crippen molar-refractivity contribution in [1.29, 1.82) is 0 Å². The monoisotopic (exact) mass is 286 g/mol. The van der Waals surface area contributed by atoms with Gasteiger partial charge < -0.3 is 15.7 Å². The predicted molar refractivity (Wildman–Crippen MR) is 83.2 cm³/mol. The number of benzene rings is 1. The first-order valence-electron chi connectivity index (χ1n) is 7.50. The summed E-state index contributed by atoms with van der Waals surface area (Å²) >= 11 is 0.